The fraction of sp³-hybridized carbons (Fsp3) is 0.0476. The molecule has 0 fully saturated rings. The van der Waals surface area contributed by atoms with E-state index >= 15 is 0 Å². The van der Waals surface area contributed by atoms with Crippen molar-refractivity contribution in [2.45, 2.75) is 23.6 Å². The first kappa shape index (κ1) is 28.0. The van der Waals surface area contributed by atoms with Gasteiger partial charge < -0.3 is 14.5 Å². The lowest BCUT2D eigenvalue weighted by atomic mass is 9.99. The van der Waals surface area contributed by atoms with Crippen LogP contribution in [0.2, 0.25) is 0 Å². The van der Waals surface area contributed by atoms with Crippen LogP contribution in [0.1, 0.15) is 22.3 Å². The van der Waals surface area contributed by atoms with Gasteiger partial charge in [0, 0.05) is 20.6 Å². The highest BCUT2D eigenvalue weighted by Crippen LogP contribution is 2.58. The Bertz CT molecular complexity index is 2420. The molecule has 0 aliphatic carbocycles. The van der Waals surface area contributed by atoms with Crippen LogP contribution in [-0.4, -0.2) is 0 Å². The van der Waals surface area contributed by atoms with E-state index in [9.17, 15) is 10.5 Å². The minimum atomic E-state index is 0.399. The number of hydrogen-bond donors (Lipinski definition) is 0. The Morgan fingerprint density at radius 2 is 1.12 bits per heavy atom. The summed E-state index contributed by atoms with van der Waals surface area (Å²) in [6.45, 7) is 4.14. The normalized spacial score (nSPS) is 12.8. The predicted molar refractivity (Wildman–Crippen MR) is 194 cm³/mol. The van der Waals surface area contributed by atoms with Gasteiger partial charge in [-0.2, -0.15) is 10.5 Å². The van der Waals surface area contributed by atoms with E-state index < -0.39 is 0 Å². The molecule has 0 spiro atoms. The fourth-order valence-electron chi connectivity index (χ4n) is 6.98. The number of hydrogen-bond acceptors (Lipinski definition) is 6. The lowest BCUT2D eigenvalue weighted by Crippen LogP contribution is -2.20. The van der Waals surface area contributed by atoms with E-state index in [1.54, 1.807) is 17.8 Å². The largest absolute Gasteiger partial charge is 0.453 e. The Morgan fingerprint density at radius 3 is 1.83 bits per heavy atom. The second kappa shape index (κ2) is 10.7. The van der Waals surface area contributed by atoms with Gasteiger partial charge >= 0.3 is 0 Å². The summed E-state index contributed by atoms with van der Waals surface area (Å²) in [5.41, 5.74) is 8.12. The Morgan fingerprint density at radius 1 is 0.521 bits per heavy atom. The van der Waals surface area contributed by atoms with Crippen molar-refractivity contribution >= 4 is 67.4 Å². The van der Waals surface area contributed by atoms with Gasteiger partial charge in [0.1, 0.15) is 12.1 Å². The molecule has 9 rings (SSSR count). The van der Waals surface area contributed by atoms with Crippen LogP contribution in [0.5, 0.6) is 11.5 Å². The summed E-state index contributed by atoms with van der Waals surface area (Å²) in [5.74, 6) is 1.41. The number of anilines is 6. The first-order valence-corrected chi connectivity index (χ1v) is 16.5. The van der Waals surface area contributed by atoms with E-state index in [2.05, 4.69) is 102 Å². The average Bonchev–Trinajstić information content (AvgIpc) is 3.12. The smallest absolute Gasteiger partial charge is 0.152 e. The number of nitrogens with zero attached hydrogens (tertiary/aromatic N) is 4. The third-order valence-electron chi connectivity index (χ3n) is 9.16. The van der Waals surface area contributed by atoms with Gasteiger partial charge in [-0.1, -0.05) is 84.6 Å². The quantitative estimate of drug-likeness (QED) is 0.189. The first-order valence-electron chi connectivity index (χ1n) is 15.7. The zero-order valence-corrected chi connectivity index (χ0v) is 27.0. The minimum Gasteiger partial charge on any atom is -0.453 e. The lowest BCUT2D eigenvalue weighted by Gasteiger charge is -2.37. The van der Waals surface area contributed by atoms with E-state index in [1.807, 2.05) is 49.4 Å². The van der Waals surface area contributed by atoms with E-state index in [1.165, 1.54) is 0 Å². The highest BCUT2D eigenvalue weighted by molar-refractivity contribution is 7.99. The summed E-state index contributed by atoms with van der Waals surface area (Å²) >= 11 is 1.74. The molecular weight excluding hydrogens is 609 g/mol. The molecule has 2 aliphatic rings. The second-order valence-corrected chi connectivity index (χ2v) is 13.3. The van der Waals surface area contributed by atoms with Crippen LogP contribution in [0.3, 0.4) is 0 Å². The number of rotatable bonds is 2. The van der Waals surface area contributed by atoms with Gasteiger partial charge in [-0.15, -0.1) is 0 Å². The van der Waals surface area contributed by atoms with Crippen molar-refractivity contribution in [3.63, 3.8) is 0 Å². The second-order valence-electron chi connectivity index (χ2n) is 12.2. The van der Waals surface area contributed by atoms with Gasteiger partial charge in [0.25, 0.3) is 0 Å². The van der Waals surface area contributed by atoms with Crippen molar-refractivity contribution in [2.24, 2.45) is 0 Å². The van der Waals surface area contributed by atoms with E-state index in [4.69, 9.17) is 4.74 Å². The van der Waals surface area contributed by atoms with Crippen LogP contribution < -0.4 is 14.5 Å². The maximum Gasteiger partial charge on any atom is 0.152 e. The Kier molecular flexibility index (Phi) is 6.24. The van der Waals surface area contributed by atoms with Gasteiger partial charge in [0.05, 0.1) is 45.3 Å². The van der Waals surface area contributed by atoms with Crippen LogP contribution in [0.25, 0.3) is 21.5 Å². The summed E-state index contributed by atoms with van der Waals surface area (Å²) in [7, 11) is 0. The summed E-state index contributed by atoms with van der Waals surface area (Å²) < 4.78 is 6.55. The van der Waals surface area contributed by atoms with Crippen LogP contribution >= 0.6 is 11.8 Å². The van der Waals surface area contributed by atoms with Gasteiger partial charge in [-0.25, -0.2) is 0 Å². The molecule has 0 aromatic heterocycles. The van der Waals surface area contributed by atoms with Crippen LogP contribution in [0.15, 0.2) is 131 Å². The maximum absolute atomic E-state index is 10.7. The summed E-state index contributed by atoms with van der Waals surface area (Å²) in [6.07, 6.45) is 0. The zero-order valence-electron chi connectivity index (χ0n) is 26.2. The number of nitriles is 2. The van der Waals surface area contributed by atoms with E-state index in [-0.39, 0.29) is 0 Å². The molecule has 6 heteroatoms. The molecule has 0 radical (unpaired) electrons. The molecule has 0 atom stereocenters. The Balaban J connectivity index is 1.38. The number of benzene rings is 7. The van der Waals surface area contributed by atoms with Crippen molar-refractivity contribution < 1.29 is 4.74 Å². The SMILES string of the molecule is Cc1ccc2c(c1)Oc1ccc3ccccc3c1N2c1cc(N2c3ccc(C)cc3Sc3ccc4ccccc4c32)c(C#N)cc1C#N. The molecule has 7 aromatic rings. The van der Waals surface area contributed by atoms with Crippen molar-refractivity contribution in [3.05, 3.63) is 144 Å². The van der Waals surface area contributed by atoms with Gasteiger partial charge in [-0.3, -0.25) is 0 Å². The van der Waals surface area contributed by atoms with Crippen LogP contribution in [0, 0.1) is 36.5 Å². The highest BCUT2D eigenvalue weighted by atomic mass is 32.2. The molecule has 0 amide bonds. The predicted octanol–water partition coefficient (Wildman–Crippen LogP) is 11.9. The molecule has 0 saturated heterocycles. The number of fused-ring (bicyclic) bond motifs is 8. The molecule has 0 saturated carbocycles. The average molecular weight is 635 g/mol. The molecule has 7 aromatic carbocycles. The standard InChI is InChI=1S/C42H26N4OS/c1-25-11-15-33-38(19-25)47-37-17-13-27-7-3-5-9-31(27)41(37)45(33)35-22-36(30(24-44)21-29(35)23-43)46-34-16-12-26(2)20-40(34)48-39-18-14-28-8-4-6-10-32(28)42(39)46/h3-22H,1-2H3. The first-order chi connectivity index (χ1) is 23.5. The van der Waals surface area contributed by atoms with E-state index in [0.717, 1.165) is 65.2 Å². The molecule has 48 heavy (non-hydrogen) atoms. The molecule has 226 valence electrons. The molecular formula is C42H26N4OS. The maximum atomic E-state index is 10.7. The molecule has 2 aliphatic heterocycles. The summed E-state index contributed by atoms with van der Waals surface area (Å²) in [6, 6.07) is 46.2. The topological polar surface area (TPSA) is 63.3 Å². The lowest BCUT2D eigenvalue weighted by molar-refractivity contribution is 0.477. The minimum absolute atomic E-state index is 0.399. The monoisotopic (exact) mass is 634 g/mol. The van der Waals surface area contributed by atoms with Gasteiger partial charge in [0.2, 0.25) is 0 Å². The Hall–Kier alpha value is -6.21. The number of ether oxygens (including phenoxy) is 1. The van der Waals surface area contributed by atoms with Gasteiger partial charge in [-0.05, 0) is 84.3 Å². The van der Waals surface area contributed by atoms with Crippen molar-refractivity contribution in [2.75, 3.05) is 9.80 Å². The van der Waals surface area contributed by atoms with Crippen molar-refractivity contribution in [1.29, 1.82) is 10.5 Å². The molecule has 0 unspecified atom stereocenters. The van der Waals surface area contributed by atoms with E-state index in [0.29, 0.717) is 34.0 Å². The van der Waals surface area contributed by atoms with Crippen molar-refractivity contribution in [3.8, 4) is 23.6 Å². The van der Waals surface area contributed by atoms with Crippen LogP contribution in [-0.2, 0) is 0 Å². The molecule has 0 bridgehead atoms. The molecule has 5 nitrogen and oxygen atoms in total. The summed E-state index contributed by atoms with van der Waals surface area (Å²) in [5, 5.41) is 25.6. The summed E-state index contributed by atoms with van der Waals surface area (Å²) in [4.78, 5) is 6.56. The fourth-order valence-corrected chi connectivity index (χ4v) is 8.16. The van der Waals surface area contributed by atoms with Crippen molar-refractivity contribution in [1.82, 2.24) is 0 Å². The molecule has 0 N–H and O–H groups in total. The third-order valence-corrected chi connectivity index (χ3v) is 10.3. The highest BCUT2D eigenvalue weighted by Gasteiger charge is 2.33. The zero-order chi connectivity index (χ0) is 32.5. The number of aryl methyl sites for hydroxylation is 2. The Labute approximate surface area is 282 Å². The third kappa shape index (κ3) is 4.17. The molecule has 2 heterocycles. The van der Waals surface area contributed by atoms with Crippen LogP contribution in [0.4, 0.5) is 34.1 Å². The van der Waals surface area contributed by atoms with Gasteiger partial charge in [0.15, 0.2) is 11.5 Å².